The van der Waals surface area contributed by atoms with E-state index in [9.17, 15) is 0 Å². The van der Waals surface area contributed by atoms with Crippen LogP contribution in [0.25, 0.3) is 0 Å². The fourth-order valence-electron chi connectivity index (χ4n) is 1.94. The van der Waals surface area contributed by atoms with Crippen LogP contribution in [0.5, 0.6) is 0 Å². The molecular weight excluding hydrogens is 224 g/mol. The van der Waals surface area contributed by atoms with E-state index in [1.807, 2.05) is 0 Å². The predicted molar refractivity (Wildman–Crippen MR) is 81.3 cm³/mol. The zero-order valence-electron chi connectivity index (χ0n) is 13.2. The van der Waals surface area contributed by atoms with Crippen LogP contribution in [0.2, 0.25) is 0 Å². The molecule has 0 unspecified atom stereocenters. The van der Waals surface area contributed by atoms with E-state index in [2.05, 4.69) is 55.0 Å². The summed E-state index contributed by atoms with van der Waals surface area (Å²) in [6, 6.07) is 0. The topological polar surface area (TPSA) is 21.8 Å². The second-order valence-corrected chi connectivity index (χ2v) is 5.24. The molecule has 110 valence electrons. The first-order valence-corrected chi connectivity index (χ1v) is 7.36. The van der Waals surface area contributed by atoms with E-state index in [1.54, 1.807) is 0 Å². The average Bonchev–Trinajstić information content (AvgIpc) is 2.33. The lowest BCUT2D eigenvalue weighted by atomic mass is 10.3. The largest absolute Gasteiger partial charge is 0.314 e. The smallest absolute Gasteiger partial charge is 0.0107 e. The molecule has 0 aliphatic carbocycles. The van der Waals surface area contributed by atoms with Crippen molar-refractivity contribution < 1.29 is 0 Å². The minimum absolute atomic E-state index is 1.10. The first kappa shape index (κ1) is 17.8. The Morgan fingerprint density at radius 2 is 1.39 bits per heavy atom. The van der Waals surface area contributed by atoms with E-state index in [1.165, 1.54) is 19.5 Å². The van der Waals surface area contributed by atoms with E-state index in [-0.39, 0.29) is 0 Å². The number of likely N-dealkylation sites (N-methyl/N-ethyl adjacent to an activating group) is 2. The predicted octanol–water partition coefficient (Wildman–Crippen LogP) is 0.801. The summed E-state index contributed by atoms with van der Waals surface area (Å²) < 4.78 is 0. The van der Waals surface area contributed by atoms with Crippen molar-refractivity contribution in [1.82, 2.24) is 20.0 Å². The second kappa shape index (κ2) is 11.9. The lowest BCUT2D eigenvalue weighted by Crippen LogP contribution is -2.36. The molecule has 0 rings (SSSR count). The van der Waals surface area contributed by atoms with Crippen LogP contribution in [0, 0.1) is 0 Å². The zero-order valence-corrected chi connectivity index (χ0v) is 13.2. The van der Waals surface area contributed by atoms with Gasteiger partial charge in [-0.3, -0.25) is 0 Å². The van der Waals surface area contributed by atoms with Crippen LogP contribution < -0.4 is 5.32 Å². The number of hydrogen-bond donors (Lipinski definition) is 1. The Morgan fingerprint density at radius 1 is 0.778 bits per heavy atom. The molecule has 0 aliphatic rings. The Bertz CT molecular complexity index is 169. The molecule has 0 aliphatic heterocycles. The molecule has 0 saturated carbocycles. The van der Waals surface area contributed by atoms with Crippen LogP contribution in [0.15, 0.2) is 0 Å². The monoisotopic (exact) mass is 258 g/mol. The highest BCUT2D eigenvalue weighted by Crippen LogP contribution is 1.89. The third-order valence-electron chi connectivity index (χ3n) is 3.31. The highest BCUT2D eigenvalue weighted by molar-refractivity contribution is 4.59. The Labute approximate surface area is 114 Å². The molecule has 0 spiro atoms. The van der Waals surface area contributed by atoms with Crippen molar-refractivity contribution in [2.45, 2.75) is 20.3 Å². The van der Waals surface area contributed by atoms with Gasteiger partial charge in [0.05, 0.1) is 0 Å². The molecule has 0 radical (unpaired) electrons. The molecule has 0 fully saturated rings. The molecule has 0 heterocycles. The molecule has 18 heavy (non-hydrogen) atoms. The third kappa shape index (κ3) is 11.0. The van der Waals surface area contributed by atoms with E-state index >= 15 is 0 Å². The first-order chi connectivity index (χ1) is 8.60. The third-order valence-corrected chi connectivity index (χ3v) is 3.31. The van der Waals surface area contributed by atoms with Crippen LogP contribution >= 0.6 is 0 Å². The van der Waals surface area contributed by atoms with Gasteiger partial charge in [-0.05, 0) is 53.7 Å². The molecule has 0 aromatic rings. The Balaban J connectivity index is 3.32. The maximum atomic E-state index is 3.52. The molecule has 0 bridgehead atoms. The van der Waals surface area contributed by atoms with Crippen LogP contribution in [0.4, 0.5) is 0 Å². The van der Waals surface area contributed by atoms with Crippen LogP contribution in [0.3, 0.4) is 0 Å². The van der Waals surface area contributed by atoms with Crippen molar-refractivity contribution in [3.8, 4) is 0 Å². The lowest BCUT2D eigenvalue weighted by Gasteiger charge is -2.20. The average molecular weight is 258 g/mol. The van der Waals surface area contributed by atoms with Gasteiger partial charge in [0.1, 0.15) is 0 Å². The quantitative estimate of drug-likeness (QED) is 0.523. The summed E-state index contributed by atoms with van der Waals surface area (Å²) in [6.45, 7) is 13.6. The molecule has 4 nitrogen and oxygen atoms in total. The van der Waals surface area contributed by atoms with Gasteiger partial charge in [0.15, 0.2) is 0 Å². The van der Waals surface area contributed by atoms with Gasteiger partial charge < -0.3 is 20.0 Å². The summed E-state index contributed by atoms with van der Waals surface area (Å²) >= 11 is 0. The van der Waals surface area contributed by atoms with Crippen molar-refractivity contribution in [3.63, 3.8) is 0 Å². The summed E-state index contributed by atoms with van der Waals surface area (Å²) in [5.74, 6) is 0. The number of nitrogens with one attached hydrogen (secondary N) is 1. The lowest BCUT2D eigenvalue weighted by molar-refractivity contribution is 0.284. The standard InChI is InChI=1S/C14H34N4/c1-6-18(7-2)14-10-15-9-13-17(5)12-8-11-16(3)4/h15H,6-14H2,1-5H3. The molecule has 4 heteroatoms. The van der Waals surface area contributed by atoms with Crippen molar-refractivity contribution >= 4 is 0 Å². The van der Waals surface area contributed by atoms with Gasteiger partial charge in [0, 0.05) is 26.2 Å². The van der Waals surface area contributed by atoms with Gasteiger partial charge >= 0.3 is 0 Å². The summed E-state index contributed by atoms with van der Waals surface area (Å²) in [4.78, 5) is 7.11. The summed E-state index contributed by atoms with van der Waals surface area (Å²) in [5.41, 5.74) is 0. The van der Waals surface area contributed by atoms with E-state index in [0.717, 1.165) is 39.3 Å². The van der Waals surface area contributed by atoms with Gasteiger partial charge in [-0.15, -0.1) is 0 Å². The van der Waals surface area contributed by atoms with Crippen LogP contribution in [0.1, 0.15) is 20.3 Å². The first-order valence-electron chi connectivity index (χ1n) is 7.36. The van der Waals surface area contributed by atoms with Gasteiger partial charge in [-0.25, -0.2) is 0 Å². The van der Waals surface area contributed by atoms with Gasteiger partial charge in [-0.1, -0.05) is 13.8 Å². The van der Waals surface area contributed by atoms with Crippen molar-refractivity contribution in [1.29, 1.82) is 0 Å². The summed E-state index contributed by atoms with van der Waals surface area (Å²) in [6.07, 6.45) is 1.25. The van der Waals surface area contributed by atoms with Crippen LogP contribution in [-0.2, 0) is 0 Å². The highest BCUT2D eigenvalue weighted by Gasteiger charge is 2.00. The van der Waals surface area contributed by atoms with E-state index < -0.39 is 0 Å². The van der Waals surface area contributed by atoms with Crippen LogP contribution in [-0.4, -0.2) is 88.2 Å². The summed E-state index contributed by atoms with van der Waals surface area (Å²) in [5, 5.41) is 3.52. The van der Waals surface area contributed by atoms with E-state index in [4.69, 9.17) is 0 Å². The fourth-order valence-corrected chi connectivity index (χ4v) is 1.94. The summed E-state index contributed by atoms with van der Waals surface area (Å²) in [7, 11) is 6.48. The van der Waals surface area contributed by atoms with Crippen molar-refractivity contribution in [3.05, 3.63) is 0 Å². The minimum Gasteiger partial charge on any atom is -0.314 e. The SMILES string of the molecule is CCN(CC)CCNCCN(C)CCCN(C)C. The highest BCUT2D eigenvalue weighted by atomic mass is 15.1. The number of hydrogen-bond acceptors (Lipinski definition) is 4. The molecule has 0 aromatic carbocycles. The Morgan fingerprint density at radius 3 is 1.94 bits per heavy atom. The van der Waals surface area contributed by atoms with Crippen molar-refractivity contribution in [2.24, 2.45) is 0 Å². The Kier molecular flexibility index (Phi) is 11.8. The molecule has 0 amide bonds. The maximum Gasteiger partial charge on any atom is 0.0107 e. The maximum absolute atomic E-state index is 3.52. The van der Waals surface area contributed by atoms with E-state index in [0.29, 0.717) is 0 Å². The number of rotatable bonds is 12. The zero-order chi connectivity index (χ0) is 13.8. The molecule has 0 saturated heterocycles. The van der Waals surface area contributed by atoms with Crippen molar-refractivity contribution in [2.75, 3.05) is 73.5 Å². The molecular formula is C14H34N4. The minimum atomic E-state index is 1.10. The van der Waals surface area contributed by atoms with Gasteiger partial charge in [-0.2, -0.15) is 0 Å². The molecule has 1 N–H and O–H groups in total. The normalized spacial score (nSPS) is 12.0. The molecule has 0 atom stereocenters. The molecule has 0 aromatic heterocycles. The van der Waals surface area contributed by atoms with Gasteiger partial charge in [0.25, 0.3) is 0 Å². The number of nitrogens with zero attached hydrogens (tertiary/aromatic N) is 3. The van der Waals surface area contributed by atoms with Gasteiger partial charge in [0.2, 0.25) is 0 Å². The Hall–Kier alpha value is -0.160. The second-order valence-electron chi connectivity index (χ2n) is 5.24. The fraction of sp³-hybridized carbons (Fsp3) is 1.00.